The van der Waals surface area contributed by atoms with Gasteiger partial charge in [0.15, 0.2) is 0 Å². The summed E-state index contributed by atoms with van der Waals surface area (Å²) in [5.41, 5.74) is 4.73. The maximum absolute atomic E-state index is 6.22. The molecule has 0 radical (unpaired) electrons. The van der Waals surface area contributed by atoms with Gasteiger partial charge in [-0.3, -0.25) is 0 Å². The topological polar surface area (TPSA) is 0 Å². The Balaban J connectivity index is 0.000000254. The molecule has 2 unspecified atom stereocenters. The van der Waals surface area contributed by atoms with Crippen molar-refractivity contribution in [1.29, 1.82) is 0 Å². The molecule has 0 aliphatic rings. The Morgan fingerprint density at radius 1 is 0.462 bits per heavy atom. The Hall–Kier alpha value is -1.52. The Morgan fingerprint density at radius 2 is 0.795 bits per heavy atom. The van der Waals surface area contributed by atoms with E-state index < -0.39 is 0 Å². The molecule has 0 aliphatic heterocycles. The van der Waals surface area contributed by atoms with E-state index in [-0.39, 0.29) is 51.0 Å². The van der Waals surface area contributed by atoms with Gasteiger partial charge in [0, 0.05) is 10.0 Å². The van der Waals surface area contributed by atoms with Crippen LogP contribution < -0.4 is 24.8 Å². The summed E-state index contributed by atoms with van der Waals surface area (Å²) in [5.74, 6) is 0. The second-order valence-electron chi connectivity index (χ2n) is 8.10. The Kier molecular flexibility index (Phi) is 14.4. The molecule has 0 saturated carbocycles. The van der Waals surface area contributed by atoms with E-state index in [1.807, 2.05) is 48.5 Å². The van der Waals surface area contributed by atoms with Crippen LogP contribution in [0.1, 0.15) is 0 Å². The summed E-state index contributed by atoms with van der Waals surface area (Å²) in [6.07, 6.45) is 0. The Bertz CT molecular complexity index is 1440. The van der Waals surface area contributed by atoms with Gasteiger partial charge in [-0.05, 0) is 12.1 Å². The summed E-state index contributed by atoms with van der Waals surface area (Å²) in [4.78, 5) is 0. The summed E-state index contributed by atoms with van der Waals surface area (Å²) < 4.78 is 0. The number of hydrogen-bond donors (Lipinski definition) is 0. The van der Waals surface area contributed by atoms with Crippen molar-refractivity contribution in [3.63, 3.8) is 0 Å². The van der Waals surface area contributed by atoms with Crippen LogP contribution in [-0.4, -0.2) is 0 Å². The van der Waals surface area contributed by atoms with Crippen molar-refractivity contribution in [2.45, 2.75) is 0 Å². The molecule has 39 heavy (non-hydrogen) atoms. The van der Waals surface area contributed by atoms with E-state index in [9.17, 15) is 0 Å². The van der Waals surface area contributed by atoms with Gasteiger partial charge in [0.1, 0.15) is 0 Å². The Morgan fingerprint density at radius 3 is 1.15 bits per heavy atom. The first-order chi connectivity index (χ1) is 17.7. The molecule has 0 saturated heterocycles. The normalized spacial score (nSPS) is 10.1. The van der Waals surface area contributed by atoms with Gasteiger partial charge in [-0.15, -0.1) is 46.0 Å². The van der Waals surface area contributed by atoms with E-state index in [1.54, 1.807) is 0 Å². The molecule has 0 bridgehead atoms. The predicted molar refractivity (Wildman–Crippen MR) is 161 cm³/mol. The van der Waals surface area contributed by atoms with Crippen molar-refractivity contribution in [3.8, 4) is 43.4 Å². The minimum atomic E-state index is 0. The molecule has 4 aromatic carbocycles. The fraction of sp³-hybridized carbons (Fsp3) is 0. The van der Waals surface area contributed by atoms with Crippen molar-refractivity contribution in [3.05, 3.63) is 144 Å². The number of hydrogen-bond acceptors (Lipinski definition) is 0. The van der Waals surface area contributed by atoms with Crippen LogP contribution in [0.5, 0.6) is 0 Å². The van der Waals surface area contributed by atoms with E-state index in [0.29, 0.717) is 16.4 Å². The predicted octanol–water partition coefficient (Wildman–Crippen LogP) is 5.02. The van der Waals surface area contributed by atoms with Crippen LogP contribution in [0.3, 0.4) is 0 Å². The maximum atomic E-state index is 6.22. The molecule has 6 rings (SSSR count). The van der Waals surface area contributed by atoms with Crippen molar-refractivity contribution < 1.29 is 51.0 Å². The van der Waals surface area contributed by atoms with Crippen molar-refractivity contribution >= 4 is 39.6 Å². The summed E-state index contributed by atoms with van der Waals surface area (Å²) in [7, 11) is 1.25. The second-order valence-corrected chi connectivity index (χ2v) is 11.5. The molecule has 192 valence electrons. The van der Waals surface area contributed by atoms with Gasteiger partial charge >= 0.3 is 26.2 Å². The third-order valence-corrected chi connectivity index (χ3v) is 9.09. The quantitative estimate of drug-likeness (QED) is 0.227. The zero-order valence-corrected chi connectivity index (χ0v) is 28.0. The molecule has 6 aromatic rings. The minimum Gasteiger partial charge on any atom is -1.00 e. The van der Waals surface area contributed by atoms with Gasteiger partial charge in [-0.2, -0.15) is 24.3 Å². The van der Waals surface area contributed by atoms with Crippen LogP contribution >= 0.6 is 39.6 Å². The molecule has 2 aromatic heterocycles. The largest absolute Gasteiger partial charge is 4.00 e. The third-order valence-electron chi connectivity index (χ3n) is 5.69. The molecule has 0 nitrogen and oxygen atoms in total. The molecule has 2 heterocycles. The molecule has 0 fully saturated rings. The summed E-state index contributed by atoms with van der Waals surface area (Å²) in [5, 5.41) is 6.66. The minimum absolute atomic E-state index is 0. The van der Waals surface area contributed by atoms with Gasteiger partial charge < -0.3 is 24.8 Å². The molecular weight excluding hydrogens is 679 g/mol. The van der Waals surface area contributed by atoms with E-state index in [0.717, 1.165) is 21.2 Å². The van der Waals surface area contributed by atoms with E-state index >= 15 is 0 Å². The summed E-state index contributed by atoms with van der Waals surface area (Å²) in [6.45, 7) is 0. The van der Waals surface area contributed by atoms with E-state index in [4.69, 9.17) is 23.2 Å². The molecule has 0 N–H and O–H groups in total. The van der Waals surface area contributed by atoms with Crippen molar-refractivity contribution in [2.75, 3.05) is 0 Å². The first-order valence-electron chi connectivity index (χ1n) is 11.5. The molecular formula is C32H22Cl4P2Zr. The maximum Gasteiger partial charge on any atom is 4.00 e. The fourth-order valence-electron chi connectivity index (χ4n) is 3.87. The van der Waals surface area contributed by atoms with Crippen LogP contribution in [0.2, 0.25) is 10.0 Å². The van der Waals surface area contributed by atoms with Gasteiger partial charge in [-0.25, -0.2) is 16.4 Å². The van der Waals surface area contributed by atoms with Crippen LogP contribution in [0.15, 0.2) is 121 Å². The average molecular weight is 702 g/mol. The van der Waals surface area contributed by atoms with E-state index in [1.165, 1.54) is 32.3 Å². The molecule has 0 spiro atoms. The van der Waals surface area contributed by atoms with Crippen LogP contribution in [0.4, 0.5) is 0 Å². The van der Waals surface area contributed by atoms with Gasteiger partial charge in [-0.1, -0.05) is 118 Å². The Labute approximate surface area is 275 Å². The third kappa shape index (κ3) is 8.73. The average Bonchev–Trinajstić information content (AvgIpc) is 3.62. The zero-order chi connectivity index (χ0) is 24.7. The SMILES string of the molecule is Clc1ccccc1-c1c[c-]c(-c2ccccc2)[pH]1.Clc1ccccc1-c1c[c-]c(-c2ccccc2)[pH]1.[Cl-].[Cl-].[Zr+4]. The first-order valence-corrected chi connectivity index (χ1v) is 14.3. The monoisotopic (exact) mass is 698 g/mol. The molecule has 0 aliphatic carbocycles. The number of benzene rings is 4. The molecule has 7 heteroatoms. The van der Waals surface area contributed by atoms with Gasteiger partial charge in [0.25, 0.3) is 0 Å². The molecule has 0 amide bonds. The first kappa shape index (κ1) is 33.7. The number of halogens is 4. The van der Waals surface area contributed by atoms with Crippen molar-refractivity contribution in [1.82, 2.24) is 0 Å². The second kappa shape index (κ2) is 16.7. The summed E-state index contributed by atoms with van der Waals surface area (Å²) in [6, 6.07) is 47.6. The smallest absolute Gasteiger partial charge is 1.00 e. The molecule has 2 atom stereocenters. The zero-order valence-electron chi connectivity index (χ0n) is 20.6. The van der Waals surface area contributed by atoms with Gasteiger partial charge in [0.2, 0.25) is 0 Å². The van der Waals surface area contributed by atoms with Crippen molar-refractivity contribution in [2.24, 2.45) is 0 Å². The van der Waals surface area contributed by atoms with E-state index in [2.05, 4.69) is 84.9 Å². The van der Waals surface area contributed by atoms with Crippen LogP contribution in [0.25, 0.3) is 43.4 Å². The number of rotatable bonds is 4. The van der Waals surface area contributed by atoms with Crippen LogP contribution in [-0.2, 0) is 26.2 Å². The van der Waals surface area contributed by atoms with Crippen LogP contribution in [0, 0.1) is 12.1 Å². The standard InChI is InChI=1S/2C16H11ClP.2ClH.Zr/c2*17-14-9-5-4-8-13(14)16-11-10-15(18-16)12-6-2-1-3-7-12;;;/h2*1-9,11,18H;2*1H;/q2*-1;;;+4/p-2. The summed E-state index contributed by atoms with van der Waals surface area (Å²) >= 11 is 12.4. The van der Waals surface area contributed by atoms with Gasteiger partial charge in [0.05, 0.1) is 0 Å². The fourth-order valence-corrected chi connectivity index (χ4v) is 6.95.